The fourth-order valence-electron chi connectivity index (χ4n) is 3.21. The molecule has 0 amide bonds. The highest BCUT2D eigenvalue weighted by Gasteiger charge is 2.29. The number of rotatable bonds is 9. The molecule has 1 aromatic heterocycles. The van der Waals surface area contributed by atoms with Crippen molar-refractivity contribution in [3.05, 3.63) is 66.2 Å². The zero-order valence-corrected chi connectivity index (χ0v) is 18.6. The summed E-state index contributed by atoms with van der Waals surface area (Å²) in [5.41, 5.74) is 7.27. The van der Waals surface area contributed by atoms with Crippen LogP contribution in [-0.4, -0.2) is 39.1 Å². The number of halogens is 1. The van der Waals surface area contributed by atoms with E-state index in [0.717, 1.165) is 26.9 Å². The summed E-state index contributed by atoms with van der Waals surface area (Å²) < 4.78 is 5.57. The van der Waals surface area contributed by atoms with Crippen molar-refractivity contribution in [1.82, 2.24) is 4.98 Å². The normalized spacial score (nSPS) is 14.8. The van der Waals surface area contributed by atoms with Gasteiger partial charge in [-0.3, -0.25) is 0 Å². The Labute approximate surface area is 191 Å². The van der Waals surface area contributed by atoms with Gasteiger partial charge in [0.2, 0.25) is 0 Å². The zero-order valence-electron chi connectivity index (χ0n) is 17.0. The minimum atomic E-state index is -1.20. The number of oxazole rings is 1. The molecule has 4 rings (SSSR count). The van der Waals surface area contributed by atoms with Gasteiger partial charge in [0.25, 0.3) is 0 Å². The van der Waals surface area contributed by atoms with Crippen molar-refractivity contribution in [2.45, 2.75) is 46.6 Å². The van der Waals surface area contributed by atoms with Crippen LogP contribution in [0, 0.1) is 0 Å². The lowest BCUT2D eigenvalue weighted by Gasteiger charge is -2.27. The molecule has 1 aliphatic carbocycles. The molecule has 1 aliphatic rings. The lowest BCUT2D eigenvalue weighted by atomic mass is 9.92. The van der Waals surface area contributed by atoms with Gasteiger partial charge in [-0.2, -0.15) is 0 Å². The van der Waals surface area contributed by atoms with Crippen LogP contribution in [0.1, 0.15) is 42.7 Å². The summed E-state index contributed by atoms with van der Waals surface area (Å²) in [4.78, 5) is 6.72. The molecule has 1 unspecified atom stereocenters. The Kier molecular flexibility index (Phi) is 7.80. The van der Waals surface area contributed by atoms with Crippen molar-refractivity contribution in [3.63, 3.8) is 0 Å². The van der Waals surface area contributed by atoms with Crippen LogP contribution in [0.5, 0.6) is 0 Å². The molecule has 0 radical (unpaired) electrons. The summed E-state index contributed by atoms with van der Waals surface area (Å²) in [6.07, 6.45) is 3.29. The molecule has 5 N–H and O–H groups in total. The first-order valence-corrected chi connectivity index (χ1v) is 10.8. The molecular formula is C23H27ClN2O4S. The van der Waals surface area contributed by atoms with E-state index in [9.17, 15) is 15.3 Å². The second kappa shape index (κ2) is 10.2. The van der Waals surface area contributed by atoms with Crippen molar-refractivity contribution >= 4 is 24.2 Å². The van der Waals surface area contributed by atoms with E-state index in [2.05, 4.69) is 17.1 Å². The Morgan fingerprint density at radius 2 is 1.61 bits per heavy atom. The molecule has 166 valence electrons. The summed E-state index contributed by atoms with van der Waals surface area (Å²) in [7, 11) is 0. The maximum atomic E-state index is 10.4. The maximum Gasteiger partial charge on any atom is 0.197 e. The Bertz CT molecular complexity index is 970. The number of aliphatic hydroxyl groups excluding tert-OH is 3. The number of nitrogens with two attached hydrogens (primary N) is 1. The molecule has 3 aromatic rings. The standard InChI is InChI=1S/C23H26N2O4S.ClH/c24-23(13-26,14-27)11-21(28)16-5-9-19(10-6-16)30-18-7-3-15(4-8-18)20-12-29-22(25-20)17-1-2-17;/h3-10,12,17,21,26-28H,1-2,11,13-14,24H2;1H. The van der Waals surface area contributed by atoms with Crippen LogP contribution >= 0.6 is 24.2 Å². The first-order chi connectivity index (χ1) is 14.5. The number of hydrogen-bond donors (Lipinski definition) is 4. The monoisotopic (exact) mass is 462 g/mol. The van der Waals surface area contributed by atoms with Crippen molar-refractivity contribution < 1.29 is 19.7 Å². The van der Waals surface area contributed by atoms with Crippen LogP contribution < -0.4 is 5.73 Å². The molecule has 8 heteroatoms. The Morgan fingerprint density at radius 1 is 1.03 bits per heavy atom. The fourth-order valence-corrected chi connectivity index (χ4v) is 4.02. The molecule has 0 spiro atoms. The molecule has 1 heterocycles. The molecule has 1 fully saturated rings. The second-order valence-corrected chi connectivity index (χ2v) is 9.09. The number of aromatic nitrogens is 1. The first kappa shape index (κ1) is 23.8. The number of nitrogens with zero attached hydrogens (tertiary/aromatic N) is 1. The highest BCUT2D eigenvalue weighted by Crippen LogP contribution is 2.40. The summed E-state index contributed by atoms with van der Waals surface area (Å²) in [6, 6.07) is 15.7. The van der Waals surface area contributed by atoms with Crippen LogP contribution in [0.4, 0.5) is 0 Å². The molecule has 0 bridgehead atoms. The third kappa shape index (κ3) is 5.88. The average molecular weight is 463 g/mol. The van der Waals surface area contributed by atoms with Crippen LogP contribution in [0.25, 0.3) is 11.3 Å². The predicted molar refractivity (Wildman–Crippen MR) is 122 cm³/mol. The van der Waals surface area contributed by atoms with Crippen LogP contribution in [0.3, 0.4) is 0 Å². The minimum absolute atomic E-state index is 0. The molecule has 0 saturated heterocycles. The molecule has 1 saturated carbocycles. The van der Waals surface area contributed by atoms with Gasteiger partial charge in [-0.25, -0.2) is 4.98 Å². The van der Waals surface area contributed by atoms with Crippen LogP contribution in [0.2, 0.25) is 0 Å². The SMILES string of the molecule is Cl.NC(CO)(CO)CC(O)c1ccc(Sc2ccc(-c3coc(C4CC4)n3)cc2)cc1. The Morgan fingerprint density at radius 3 is 2.16 bits per heavy atom. The van der Waals surface area contributed by atoms with Crippen molar-refractivity contribution in [2.24, 2.45) is 5.73 Å². The molecular weight excluding hydrogens is 436 g/mol. The fraction of sp³-hybridized carbons (Fsp3) is 0.348. The van der Waals surface area contributed by atoms with Crippen molar-refractivity contribution in [1.29, 1.82) is 0 Å². The van der Waals surface area contributed by atoms with Crippen molar-refractivity contribution in [3.8, 4) is 11.3 Å². The van der Waals surface area contributed by atoms with Gasteiger partial charge >= 0.3 is 0 Å². The average Bonchev–Trinajstić information content (AvgIpc) is 3.51. The van der Waals surface area contributed by atoms with Gasteiger partial charge in [0.1, 0.15) is 12.0 Å². The van der Waals surface area contributed by atoms with E-state index in [0.29, 0.717) is 11.5 Å². The van der Waals surface area contributed by atoms with Crippen LogP contribution in [0.15, 0.2) is 69.0 Å². The quantitative estimate of drug-likeness (QED) is 0.381. The summed E-state index contributed by atoms with van der Waals surface area (Å²) in [6.45, 7) is -0.776. The number of benzene rings is 2. The highest BCUT2D eigenvalue weighted by molar-refractivity contribution is 7.99. The third-order valence-corrected chi connectivity index (χ3v) is 6.34. The van der Waals surface area contributed by atoms with E-state index < -0.39 is 11.6 Å². The highest BCUT2D eigenvalue weighted by atomic mass is 35.5. The van der Waals surface area contributed by atoms with Gasteiger partial charge in [0.15, 0.2) is 5.89 Å². The lowest BCUT2D eigenvalue weighted by Crippen LogP contribution is -2.48. The molecule has 1 atom stereocenters. The molecule has 6 nitrogen and oxygen atoms in total. The third-order valence-electron chi connectivity index (χ3n) is 5.33. The zero-order chi connectivity index (χ0) is 21.1. The smallest absolute Gasteiger partial charge is 0.197 e. The van der Waals surface area contributed by atoms with Crippen LogP contribution in [-0.2, 0) is 0 Å². The van der Waals surface area contributed by atoms with Gasteiger partial charge in [-0.15, -0.1) is 12.4 Å². The lowest BCUT2D eigenvalue weighted by molar-refractivity contribution is 0.0618. The second-order valence-electron chi connectivity index (χ2n) is 7.94. The minimum Gasteiger partial charge on any atom is -0.448 e. The molecule has 31 heavy (non-hydrogen) atoms. The summed E-state index contributed by atoms with van der Waals surface area (Å²) in [5.74, 6) is 1.35. The van der Waals surface area contributed by atoms with E-state index in [-0.39, 0.29) is 32.0 Å². The van der Waals surface area contributed by atoms with E-state index in [1.165, 1.54) is 12.8 Å². The Hall–Kier alpha value is -1.87. The summed E-state index contributed by atoms with van der Waals surface area (Å²) >= 11 is 1.62. The summed E-state index contributed by atoms with van der Waals surface area (Å²) in [5, 5.41) is 29.0. The topological polar surface area (TPSA) is 113 Å². The maximum absolute atomic E-state index is 10.4. The number of hydrogen-bond acceptors (Lipinski definition) is 7. The van der Waals surface area contributed by atoms with Gasteiger partial charge in [-0.1, -0.05) is 36.0 Å². The van der Waals surface area contributed by atoms with E-state index in [4.69, 9.17) is 10.2 Å². The molecule has 2 aromatic carbocycles. The largest absolute Gasteiger partial charge is 0.448 e. The molecule has 0 aliphatic heterocycles. The predicted octanol–water partition coefficient (Wildman–Crippen LogP) is 3.90. The van der Waals surface area contributed by atoms with Gasteiger partial charge in [0, 0.05) is 21.3 Å². The van der Waals surface area contributed by atoms with Gasteiger partial charge < -0.3 is 25.5 Å². The van der Waals surface area contributed by atoms with Gasteiger partial charge in [0.05, 0.1) is 24.9 Å². The van der Waals surface area contributed by atoms with Gasteiger partial charge in [-0.05, 0) is 49.1 Å². The number of aliphatic hydroxyl groups is 3. The Balaban J connectivity index is 0.00000272. The van der Waals surface area contributed by atoms with E-state index >= 15 is 0 Å². The van der Waals surface area contributed by atoms with E-state index in [1.54, 1.807) is 18.0 Å². The van der Waals surface area contributed by atoms with Crippen molar-refractivity contribution in [2.75, 3.05) is 13.2 Å². The first-order valence-electron chi connectivity index (χ1n) is 10.0. The van der Waals surface area contributed by atoms with E-state index in [1.807, 2.05) is 36.4 Å².